The minimum atomic E-state index is 0.637. The van der Waals surface area contributed by atoms with E-state index in [0.29, 0.717) is 12.4 Å². The van der Waals surface area contributed by atoms with Crippen LogP contribution in [-0.4, -0.2) is 16.7 Å². The molecule has 1 aromatic carbocycles. The van der Waals surface area contributed by atoms with Gasteiger partial charge in [-0.1, -0.05) is 18.2 Å². The van der Waals surface area contributed by atoms with Crippen molar-refractivity contribution < 1.29 is 4.74 Å². The van der Waals surface area contributed by atoms with Gasteiger partial charge in [0.1, 0.15) is 17.3 Å². The molecular weight excluding hydrogens is 214 g/mol. The average Bonchev–Trinajstić information content (AvgIpc) is 2.72. The van der Waals surface area contributed by atoms with E-state index >= 15 is 0 Å². The lowest BCUT2D eigenvalue weighted by Gasteiger charge is -2.04. The van der Waals surface area contributed by atoms with Crippen molar-refractivity contribution in [2.45, 2.75) is 6.54 Å². The normalized spacial score (nSPS) is 10.2. The summed E-state index contributed by atoms with van der Waals surface area (Å²) in [7, 11) is 1.64. The molecule has 0 aliphatic heterocycles. The highest BCUT2D eigenvalue weighted by Gasteiger charge is 2.09. The number of hydrogen-bond donors (Lipinski definition) is 1. The first-order valence-corrected chi connectivity index (χ1v) is 5.32. The maximum atomic E-state index is 6.02. The van der Waals surface area contributed by atoms with Crippen molar-refractivity contribution in [3.05, 3.63) is 43.2 Å². The van der Waals surface area contributed by atoms with Gasteiger partial charge in [0.25, 0.3) is 0 Å². The van der Waals surface area contributed by atoms with Crippen molar-refractivity contribution in [1.29, 1.82) is 0 Å². The fourth-order valence-corrected chi connectivity index (χ4v) is 1.67. The first kappa shape index (κ1) is 11.3. The Morgan fingerprint density at radius 1 is 1.53 bits per heavy atom. The maximum Gasteiger partial charge on any atom is 0.131 e. The van der Waals surface area contributed by atoms with Crippen molar-refractivity contribution in [1.82, 2.24) is 9.55 Å². The molecule has 2 aromatic rings. The molecule has 17 heavy (non-hydrogen) atoms. The standard InChI is InChI=1S/C13H15N3O/c1-3-7-16-9-15-12(13(16)14)10-5-4-6-11(8-10)17-2/h3-6,8-9H,1,7,14H2,2H3. The van der Waals surface area contributed by atoms with Gasteiger partial charge < -0.3 is 15.0 Å². The van der Waals surface area contributed by atoms with Crippen LogP contribution < -0.4 is 10.5 Å². The van der Waals surface area contributed by atoms with Crippen molar-refractivity contribution in [2.75, 3.05) is 12.8 Å². The van der Waals surface area contributed by atoms with Gasteiger partial charge in [0.05, 0.1) is 13.4 Å². The lowest BCUT2D eigenvalue weighted by atomic mass is 10.1. The van der Waals surface area contributed by atoms with Crippen molar-refractivity contribution in [2.24, 2.45) is 0 Å². The largest absolute Gasteiger partial charge is 0.497 e. The van der Waals surface area contributed by atoms with Gasteiger partial charge in [-0.3, -0.25) is 0 Å². The highest BCUT2D eigenvalue weighted by Crippen LogP contribution is 2.27. The zero-order valence-electron chi connectivity index (χ0n) is 9.76. The van der Waals surface area contributed by atoms with Gasteiger partial charge >= 0.3 is 0 Å². The summed E-state index contributed by atoms with van der Waals surface area (Å²) in [4.78, 5) is 4.31. The fraction of sp³-hybridized carbons (Fsp3) is 0.154. The number of ether oxygens (including phenoxy) is 1. The number of nitrogens with zero attached hydrogens (tertiary/aromatic N) is 2. The number of imidazole rings is 1. The van der Waals surface area contributed by atoms with Crippen molar-refractivity contribution >= 4 is 5.82 Å². The van der Waals surface area contributed by atoms with E-state index in [1.807, 2.05) is 28.8 Å². The molecule has 0 unspecified atom stereocenters. The summed E-state index contributed by atoms with van der Waals surface area (Å²) in [6, 6.07) is 7.68. The van der Waals surface area contributed by atoms with E-state index in [1.165, 1.54) is 0 Å². The van der Waals surface area contributed by atoms with Crippen LogP contribution in [0.15, 0.2) is 43.2 Å². The summed E-state index contributed by atoms with van der Waals surface area (Å²) < 4.78 is 7.03. The predicted octanol–water partition coefficient (Wildman–Crippen LogP) is 2.33. The Labute approximate surface area is 100 Å². The number of allylic oxidation sites excluding steroid dienone is 1. The summed E-state index contributed by atoms with van der Waals surface area (Å²) in [5.74, 6) is 1.43. The Hall–Kier alpha value is -2.23. The topological polar surface area (TPSA) is 53.1 Å². The molecule has 1 heterocycles. The lowest BCUT2D eigenvalue weighted by Crippen LogP contribution is -2.00. The number of methoxy groups -OCH3 is 1. The molecule has 2 rings (SSSR count). The zero-order valence-corrected chi connectivity index (χ0v) is 9.76. The van der Waals surface area contributed by atoms with Gasteiger partial charge in [-0.05, 0) is 12.1 Å². The molecule has 0 saturated heterocycles. The van der Waals surface area contributed by atoms with Gasteiger partial charge in [-0.2, -0.15) is 0 Å². The van der Waals surface area contributed by atoms with Gasteiger partial charge in [-0.25, -0.2) is 4.98 Å². The molecule has 0 bridgehead atoms. The first-order chi connectivity index (χ1) is 8.26. The van der Waals surface area contributed by atoms with Gasteiger partial charge in [-0.15, -0.1) is 6.58 Å². The number of nitrogen functional groups attached to an aromatic ring is 1. The molecule has 0 spiro atoms. The summed E-state index contributed by atoms with van der Waals surface area (Å²) in [6.07, 6.45) is 3.50. The third-order valence-corrected chi connectivity index (χ3v) is 2.55. The van der Waals surface area contributed by atoms with E-state index in [0.717, 1.165) is 17.0 Å². The number of rotatable bonds is 4. The Morgan fingerprint density at radius 3 is 3.06 bits per heavy atom. The molecule has 0 radical (unpaired) electrons. The molecule has 4 nitrogen and oxygen atoms in total. The van der Waals surface area contributed by atoms with Crippen LogP contribution in [0.2, 0.25) is 0 Å². The van der Waals surface area contributed by atoms with Gasteiger partial charge in [0.15, 0.2) is 0 Å². The molecule has 0 aliphatic carbocycles. The first-order valence-electron chi connectivity index (χ1n) is 5.32. The highest BCUT2D eigenvalue weighted by atomic mass is 16.5. The van der Waals surface area contributed by atoms with E-state index in [2.05, 4.69) is 11.6 Å². The highest BCUT2D eigenvalue weighted by molar-refractivity contribution is 5.71. The Bertz CT molecular complexity index is 531. The SMILES string of the molecule is C=CCn1cnc(-c2cccc(OC)c2)c1N. The van der Waals surface area contributed by atoms with E-state index in [4.69, 9.17) is 10.5 Å². The Kier molecular flexibility index (Phi) is 3.14. The second kappa shape index (κ2) is 4.74. The van der Waals surface area contributed by atoms with Gasteiger partial charge in [0.2, 0.25) is 0 Å². The van der Waals surface area contributed by atoms with E-state index in [-0.39, 0.29) is 0 Å². The zero-order chi connectivity index (χ0) is 12.3. The third kappa shape index (κ3) is 2.15. The van der Waals surface area contributed by atoms with E-state index in [9.17, 15) is 0 Å². The molecule has 0 fully saturated rings. The third-order valence-electron chi connectivity index (χ3n) is 2.55. The summed E-state index contributed by atoms with van der Waals surface area (Å²) >= 11 is 0. The number of anilines is 1. The van der Waals surface area contributed by atoms with Crippen molar-refractivity contribution in [3.8, 4) is 17.0 Å². The Balaban J connectivity index is 2.42. The number of benzene rings is 1. The molecule has 1 aromatic heterocycles. The predicted molar refractivity (Wildman–Crippen MR) is 68.8 cm³/mol. The lowest BCUT2D eigenvalue weighted by molar-refractivity contribution is 0.415. The minimum absolute atomic E-state index is 0.637. The van der Waals surface area contributed by atoms with E-state index < -0.39 is 0 Å². The number of hydrogen-bond acceptors (Lipinski definition) is 3. The second-order valence-electron chi connectivity index (χ2n) is 3.65. The molecule has 0 amide bonds. The molecule has 0 atom stereocenters. The second-order valence-corrected chi connectivity index (χ2v) is 3.65. The summed E-state index contributed by atoms with van der Waals surface area (Å²) in [5.41, 5.74) is 7.74. The van der Waals surface area contributed by atoms with Crippen LogP contribution in [0.1, 0.15) is 0 Å². The molecule has 88 valence electrons. The molecule has 0 saturated carbocycles. The maximum absolute atomic E-state index is 6.02. The fourth-order valence-electron chi connectivity index (χ4n) is 1.67. The molecule has 2 N–H and O–H groups in total. The molecule has 0 aliphatic rings. The minimum Gasteiger partial charge on any atom is -0.497 e. The average molecular weight is 229 g/mol. The van der Waals surface area contributed by atoms with Crippen LogP contribution in [0, 0.1) is 0 Å². The van der Waals surface area contributed by atoms with E-state index in [1.54, 1.807) is 19.5 Å². The van der Waals surface area contributed by atoms with Crippen LogP contribution >= 0.6 is 0 Å². The quantitative estimate of drug-likeness (QED) is 0.818. The smallest absolute Gasteiger partial charge is 0.131 e. The number of aromatic nitrogens is 2. The Morgan fingerprint density at radius 2 is 2.35 bits per heavy atom. The van der Waals surface area contributed by atoms with Crippen LogP contribution in [-0.2, 0) is 6.54 Å². The van der Waals surface area contributed by atoms with Crippen LogP contribution in [0.25, 0.3) is 11.3 Å². The van der Waals surface area contributed by atoms with Crippen LogP contribution in [0.3, 0.4) is 0 Å². The molecule has 4 heteroatoms. The van der Waals surface area contributed by atoms with Gasteiger partial charge in [0, 0.05) is 12.1 Å². The molecular formula is C13H15N3O. The summed E-state index contributed by atoms with van der Waals surface area (Å²) in [5, 5.41) is 0. The van der Waals surface area contributed by atoms with Crippen LogP contribution in [0.5, 0.6) is 5.75 Å². The summed E-state index contributed by atoms with van der Waals surface area (Å²) in [6.45, 7) is 4.34. The number of nitrogens with two attached hydrogens (primary N) is 1. The monoisotopic (exact) mass is 229 g/mol. The van der Waals surface area contributed by atoms with Crippen molar-refractivity contribution in [3.63, 3.8) is 0 Å². The van der Waals surface area contributed by atoms with Crippen LogP contribution in [0.4, 0.5) is 5.82 Å².